The zero-order valence-electron chi connectivity index (χ0n) is 13.2. The predicted octanol–water partition coefficient (Wildman–Crippen LogP) is 4.41. The average molecular weight is 305 g/mol. The van der Waals surface area contributed by atoms with Gasteiger partial charge in [0.2, 0.25) is 5.91 Å². The molecule has 0 aliphatic heterocycles. The van der Waals surface area contributed by atoms with Crippen LogP contribution in [0.15, 0.2) is 47.1 Å². The highest BCUT2D eigenvalue weighted by atomic mass is 16.3. The first-order valence-corrected chi connectivity index (χ1v) is 8.08. The van der Waals surface area contributed by atoms with Crippen LogP contribution >= 0.6 is 0 Å². The number of rotatable bonds is 3. The van der Waals surface area contributed by atoms with Crippen LogP contribution in [-0.4, -0.2) is 5.91 Å². The lowest BCUT2D eigenvalue weighted by Gasteiger charge is -2.07. The van der Waals surface area contributed by atoms with E-state index in [4.69, 9.17) is 4.42 Å². The number of benzene rings is 2. The van der Waals surface area contributed by atoms with E-state index < -0.39 is 0 Å². The first kappa shape index (κ1) is 14.1. The largest absolute Gasteiger partial charge is 0.464 e. The van der Waals surface area contributed by atoms with Gasteiger partial charge in [0.05, 0.1) is 12.7 Å². The summed E-state index contributed by atoms with van der Waals surface area (Å²) in [6.45, 7) is 1.99. The van der Waals surface area contributed by atoms with Gasteiger partial charge in [-0.2, -0.15) is 0 Å². The van der Waals surface area contributed by atoms with Gasteiger partial charge in [0.1, 0.15) is 5.58 Å². The summed E-state index contributed by atoms with van der Waals surface area (Å²) in [4.78, 5) is 12.4. The van der Waals surface area contributed by atoms with E-state index in [0.717, 1.165) is 40.6 Å². The molecule has 0 fully saturated rings. The number of aryl methyl sites for hydroxylation is 3. The van der Waals surface area contributed by atoms with Crippen molar-refractivity contribution in [3.05, 3.63) is 64.9 Å². The summed E-state index contributed by atoms with van der Waals surface area (Å²) in [6, 6.07) is 12.2. The fourth-order valence-electron chi connectivity index (χ4n) is 3.37. The van der Waals surface area contributed by atoms with Gasteiger partial charge in [-0.05, 0) is 61.1 Å². The Hall–Kier alpha value is -2.55. The van der Waals surface area contributed by atoms with Crippen LogP contribution in [0.5, 0.6) is 0 Å². The molecule has 0 spiro atoms. The van der Waals surface area contributed by atoms with Crippen molar-refractivity contribution < 1.29 is 9.21 Å². The van der Waals surface area contributed by atoms with Gasteiger partial charge in [-0.3, -0.25) is 4.79 Å². The number of carbonyl (C=O) groups excluding carboxylic acids is 1. The van der Waals surface area contributed by atoms with Crippen LogP contribution in [0.1, 0.15) is 28.7 Å². The van der Waals surface area contributed by atoms with Crippen LogP contribution in [0.25, 0.3) is 11.0 Å². The number of anilines is 1. The standard InChI is InChI=1S/C20H19NO2/c1-13-5-2-3-8-18(13)21-20(22)11-16-12-23-19-10-15-7-4-6-14(15)9-17(16)19/h2-3,5,8-10,12H,4,6-7,11H2,1H3,(H,21,22). The molecule has 1 amide bonds. The molecule has 0 radical (unpaired) electrons. The van der Waals surface area contributed by atoms with Gasteiger partial charge in [-0.1, -0.05) is 18.2 Å². The first-order valence-electron chi connectivity index (χ1n) is 8.08. The highest BCUT2D eigenvalue weighted by Gasteiger charge is 2.16. The van der Waals surface area contributed by atoms with Crippen LogP contribution in [-0.2, 0) is 24.1 Å². The van der Waals surface area contributed by atoms with Crippen LogP contribution < -0.4 is 5.32 Å². The van der Waals surface area contributed by atoms with Gasteiger partial charge in [0.25, 0.3) is 0 Å². The third-order valence-electron chi connectivity index (χ3n) is 4.64. The van der Waals surface area contributed by atoms with Crippen molar-refractivity contribution in [1.29, 1.82) is 0 Å². The highest BCUT2D eigenvalue weighted by molar-refractivity contribution is 5.96. The van der Waals surface area contributed by atoms with E-state index in [1.807, 2.05) is 31.2 Å². The average Bonchev–Trinajstić information content (AvgIpc) is 3.14. The van der Waals surface area contributed by atoms with Crippen molar-refractivity contribution >= 4 is 22.6 Å². The lowest BCUT2D eigenvalue weighted by molar-refractivity contribution is -0.115. The molecular weight excluding hydrogens is 286 g/mol. The fourth-order valence-corrected chi connectivity index (χ4v) is 3.37. The Morgan fingerprint density at radius 2 is 1.96 bits per heavy atom. The summed E-state index contributed by atoms with van der Waals surface area (Å²) in [6.07, 6.45) is 5.53. The minimum absolute atomic E-state index is 0.0116. The predicted molar refractivity (Wildman–Crippen MR) is 91.8 cm³/mol. The van der Waals surface area contributed by atoms with Crippen molar-refractivity contribution in [2.45, 2.75) is 32.6 Å². The number of para-hydroxylation sites is 1. The minimum atomic E-state index is -0.0116. The molecule has 1 N–H and O–H groups in total. The maximum Gasteiger partial charge on any atom is 0.228 e. The van der Waals surface area contributed by atoms with Crippen LogP contribution in [0.4, 0.5) is 5.69 Å². The molecular formula is C20H19NO2. The molecule has 0 unspecified atom stereocenters. The summed E-state index contributed by atoms with van der Waals surface area (Å²) in [5.74, 6) is -0.0116. The Bertz CT molecular complexity index is 892. The maximum absolute atomic E-state index is 12.4. The summed E-state index contributed by atoms with van der Waals surface area (Å²) >= 11 is 0. The number of furan rings is 1. The Balaban J connectivity index is 1.58. The third kappa shape index (κ3) is 2.63. The number of fused-ring (bicyclic) bond motifs is 2. The van der Waals surface area contributed by atoms with Gasteiger partial charge in [-0.25, -0.2) is 0 Å². The molecule has 23 heavy (non-hydrogen) atoms. The Kier molecular flexibility index (Phi) is 3.41. The molecule has 1 heterocycles. The van der Waals surface area contributed by atoms with E-state index >= 15 is 0 Å². The second-order valence-electron chi connectivity index (χ2n) is 6.27. The molecule has 0 atom stereocenters. The molecule has 0 saturated heterocycles. The second-order valence-corrected chi connectivity index (χ2v) is 6.27. The van der Waals surface area contributed by atoms with Gasteiger partial charge in [0, 0.05) is 16.6 Å². The molecule has 2 aromatic carbocycles. The van der Waals surface area contributed by atoms with Crippen molar-refractivity contribution in [1.82, 2.24) is 0 Å². The number of amides is 1. The van der Waals surface area contributed by atoms with Gasteiger partial charge < -0.3 is 9.73 Å². The van der Waals surface area contributed by atoms with Crippen LogP contribution in [0, 0.1) is 6.92 Å². The molecule has 0 saturated carbocycles. The third-order valence-corrected chi connectivity index (χ3v) is 4.64. The molecule has 1 aliphatic rings. The number of hydrogen-bond donors (Lipinski definition) is 1. The Morgan fingerprint density at radius 1 is 1.17 bits per heavy atom. The lowest BCUT2D eigenvalue weighted by Crippen LogP contribution is -2.14. The fraction of sp³-hybridized carbons (Fsp3) is 0.250. The summed E-state index contributed by atoms with van der Waals surface area (Å²) < 4.78 is 5.67. The molecule has 116 valence electrons. The molecule has 4 rings (SSSR count). The number of hydrogen-bond acceptors (Lipinski definition) is 2. The SMILES string of the molecule is Cc1ccccc1NC(=O)Cc1coc2cc3c(cc12)CCC3. The van der Waals surface area contributed by atoms with Crippen molar-refractivity contribution in [2.24, 2.45) is 0 Å². The van der Waals surface area contributed by atoms with Crippen molar-refractivity contribution in [2.75, 3.05) is 5.32 Å². The quantitative estimate of drug-likeness (QED) is 0.778. The topological polar surface area (TPSA) is 42.2 Å². The monoisotopic (exact) mass is 305 g/mol. The van der Waals surface area contributed by atoms with E-state index in [1.54, 1.807) is 6.26 Å². The Morgan fingerprint density at radius 3 is 2.78 bits per heavy atom. The van der Waals surface area contributed by atoms with Crippen LogP contribution in [0.3, 0.4) is 0 Å². The smallest absolute Gasteiger partial charge is 0.228 e. The zero-order valence-corrected chi connectivity index (χ0v) is 13.2. The summed E-state index contributed by atoms with van der Waals surface area (Å²) in [5, 5.41) is 4.06. The minimum Gasteiger partial charge on any atom is -0.464 e. The van der Waals surface area contributed by atoms with E-state index in [2.05, 4.69) is 17.4 Å². The summed E-state index contributed by atoms with van der Waals surface area (Å²) in [7, 11) is 0. The summed E-state index contributed by atoms with van der Waals surface area (Å²) in [5.41, 5.74) is 6.58. The van der Waals surface area contributed by atoms with E-state index in [1.165, 1.54) is 17.5 Å². The van der Waals surface area contributed by atoms with Gasteiger partial charge in [0.15, 0.2) is 0 Å². The number of nitrogens with one attached hydrogen (secondary N) is 1. The molecule has 1 aliphatic carbocycles. The van der Waals surface area contributed by atoms with E-state index in [-0.39, 0.29) is 5.91 Å². The second kappa shape index (κ2) is 5.58. The van der Waals surface area contributed by atoms with E-state index in [0.29, 0.717) is 6.42 Å². The lowest BCUT2D eigenvalue weighted by atomic mass is 10.0. The Labute approximate surface area is 135 Å². The molecule has 0 bridgehead atoms. The normalized spacial score (nSPS) is 13.3. The van der Waals surface area contributed by atoms with Crippen molar-refractivity contribution in [3.63, 3.8) is 0 Å². The van der Waals surface area contributed by atoms with Crippen molar-refractivity contribution in [3.8, 4) is 0 Å². The molecule has 3 nitrogen and oxygen atoms in total. The van der Waals surface area contributed by atoms with Gasteiger partial charge >= 0.3 is 0 Å². The molecule has 1 aromatic heterocycles. The number of carbonyl (C=O) groups is 1. The zero-order chi connectivity index (χ0) is 15.8. The molecule has 3 heteroatoms. The van der Waals surface area contributed by atoms with E-state index in [9.17, 15) is 4.79 Å². The molecule has 3 aromatic rings. The van der Waals surface area contributed by atoms with Gasteiger partial charge in [-0.15, -0.1) is 0 Å². The highest BCUT2D eigenvalue weighted by Crippen LogP contribution is 2.30. The van der Waals surface area contributed by atoms with Crippen LogP contribution in [0.2, 0.25) is 0 Å². The maximum atomic E-state index is 12.4. The first-order chi connectivity index (χ1) is 11.2.